The van der Waals surface area contributed by atoms with Crippen LogP contribution in [-0.2, 0) is 38.0 Å². The van der Waals surface area contributed by atoms with Gasteiger partial charge in [-0.3, -0.25) is 58.2 Å². The Balaban J connectivity index is 0.000000188. The molecular weight excluding hydrogens is 1820 g/mol. The zero-order chi connectivity index (χ0) is 99.4. The average molecular weight is 1920 g/mol. The predicted octanol–water partition coefficient (Wildman–Crippen LogP) is 17.9. The number of nitrogens with one attached hydrogen (secondary N) is 8. The van der Waals surface area contributed by atoms with Gasteiger partial charge in [0.2, 0.25) is 11.8 Å². The van der Waals surface area contributed by atoms with Gasteiger partial charge in [-0.05, 0) is 228 Å². The largest absolute Gasteiger partial charge is 0.419 e. The van der Waals surface area contributed by atoms with Gasteiger partial charge < -0.3 is 47.0 Å². The first-order chi connectivity index (χ1) is 64.9. The van der Waals surface area contributed by atoms with Crippen molar-refractivity contribution in [3.8, 4) is 12.1 Å². The number of nitriles is 2. The summed E-state index contributed by atoms with van der Waals surface area (Å²) in [6.07, 6.45) is 5.77. The van der Waals surface area contributed by atoms with Gasteiger partial charge in [0.1, 0.15) is 34.6 Å². The second-order valence-electron chi connectivity index (χ2n) is 30.9. The number of anilines is 4. The maximum absolute atomic E-state index is 14.6. The summed E-state index contributed by atoms with van der Waals surface area (Å²) in [4.78, 5) is 109. The fourth-order valence-corrected chi connectivity index (χ4v) is 16.5. The van der Waals surface area contributed by atoms with E-state index in [9.17, 15) is 77.9 Å². The molecule has 2 aliphatic heterocycles. The second-order valence-corrected chi connectivity index (χ2v) is 32.7. The van der Waals surface area contributed by atoms with Gasteiger partial charge in [0.15, 0.2) is 15.9 Å². The fourth-order valence-electron chi connectivity index (χ4n) is 14.5. The van der Waals surface area contributed by atoms with E-state index in [0.717, 1.165) is 96.8 Å². The van der Waals surface area contributed by atoms with Crippen molar-refractivity contribution in [1.29, 1.82) is 10.5 Å². The Morgan fingerprint density at radius 3 is 1.62 bits per heavy atom. The standard InChI is InChI=1S/C23H20N4S.C21H15F4N5O2S.C21H16F4N4O2S.C10H13NO.C8H8FNO.C8H15NO.C8H9NO/c1-16(24-2)19-8-3-4-9-23(19)28-18-11-12-20-21(26-27-22(20)15-18)13-10-17-7-5-6-14-25-17;1-27-17(31)13-4-3-11(8-15(13)22)30-19(33)29(18(32)20(30)5-2-6-20)12-7-14(21(23,24)25)16(9-26)28-10-12;1-20(2)18(31)28(12-5-4-11(10-26)15(8-12)21(23,24)25)19(32)29(20)13-6-7-14(16(22)9-13)17(30)27-3;1-11-10(12)8-7-9-5-3-2-4-6-9;1-10-8(11)6-2-4-7(9)5-3-6;2*1-9-8(10)7-5-3-2-4-6-7/h3-15,24H,1H2,2H3,(H,26,27);3-4,7-8,10H,2,5-6H2,1H3,(H,27,31);4-9H,1-3H3,(H,27,30);2-6H,7-8H2,1H3,(H,11,12);2-5H,1H3,(H,10,11);7H,2-6H2,1H3,(H,9,10);2-6H,1H3,(H,9,10)/b13-10+;;;;;;. The second kappa shape index (κ2) is 48.1. The molecule has 706 valence electrons. The van der Waals surface area contributed by atoms with E-state index >= 15 is 0 Å². The molecule has 0 atom stereocenters. The molecule has 3 aromatic heterocycles. The number of amides is 8. The molecule has 8 aromatic carbocycles. The predicted molar refractivity (Wildman–Crippen MR) is 512 cm³/mol. The van der Waals surface area contributed by atoms with Crippen LogP contribution in [-0.4, -0.2) is 138 Å². The molecule has 1 spiro atoms. The van der Waals surface area contributed by atoms with Gasteiger partial charge >= 0.3 is 12.4 Å². The Kier molecular flexibility index (Phi) is 37.1. The maximum atomic E-state index is 14.6. The molecular formula is C99H96F9N17O8S3. The number of carbonyl (C=O) groups is 8. The van der Waals surface area contributed by atoms with Crippen LogP contribution in [0.1, 0.15) is 158 Å². The highest BCUT2D eigenvalue weighted by atomic mass is 32.2. The van der Waals surface area contributed by atoms with Crippen molar-refractivity contribution in [1.82, 2.24) is 57.4 Å². The molecule has 25 nitrogen and oxygen atoms in total. The van der Waals surface area contributed by atoms with Crippen molar-refractivity contribution in [2.75, 3.05) is 68.9 Å². The van der Waals surface area contributed by atoms with Gasteiger partial charge in [-0.15, -0.1) is 0 Å². The van der Waals surface area contributed by atoms with Gasteiger partial charge in [-0.1, -0.05) is 110 Å². The molecule has 2 saturated heterocycles. The third-order valence-corrected chi connectivity index (χ3v) is 23.6. The molecule has 8 amide bonds. The van der Waals surface area contributed by atoms with E-state index in [2.05, 4.69) is 94.3 Å². The number of aryl methyl sites for hydroxylation is 1. The van der Waals surface area contributed by atoms with E-state index in [4.69, 9.17) is 35.0 Å². The summed E-state index contributed by atoms with van der Waals surface area (Å²) < 4.78 is 122. The average Bonchev–Trinajstić information content (AvgIpc) is 1.55. The smallest absolute Gasteiger partial charge is 0.388 e. The van der Waals surface area contributed by atoms with E-state index in [0.29, 0.717) is 54.9 Å². The number of alkyl halides is 6. The number of aromatic nitrogens is 4. The molecule has 2 saturated carbocycles. The summed E-state index contributed by atoms with van der Waals surface area (Å²) in [6.45, 7) is 7.06. The summed E-state index contributed by atoms with van der Waals surface area (Å²) in [7, 11) is 11.1. The lowest BCUT2D eigenvalue weighted by Crippen LogP contribution is -2.55. The van der Waals surface area contributed by atoms with Crippen molar-refractivity contribution < 1.29 is 77.9 Å². The van der Waals surface area contributed by atoms with Crippen LogP contribution in [0.5, 0.6) is 0 Å². The van der Waals surface area contributed by atoms with Gasteiger partial charge in [0.05, 0.1) is 68.4 Å². The van der Waals surface area contributed by atoms with E-state index in [-0.39, 0.29) is 73.5 Å². The number of nitrogens with zero attached hydrogens (tertiary/aromatic N) is 9. The van der Waals surface area contributed by atoms with Crippen molar-refractivity contribution in [2.45, 2.75) is 111 Å². The number of fused-ring (bicyclic) bond motifs is 1. The molecule has 5 heterocycles. The first-order valence-corrected chi connectivity index (χ1v) is 43.9. The highest BCUT2D eigenvalue weighted by Crippen LogP contribution is 2.49. The van der Waals surface area contributed by atoms with Crippen molar-refractivity contribution in [3.05, 3.63) is 310 Å². The first-order valence-electron chi connectivity index (χ1n) is 42.3. The van der Waals surface area contributed by atoms with Crippen LogP contribution in [0.4, 0.5) is 62.3 Å². The zero-order valence-corrected chi connectivity index (χ0v) is 77.7. The van der Waals surface area contributed by atoms with Crippen LogP contribution in [0.3, 0.4) is 0 Å². The van der Waals surface area contributed by atoms with Crippen LogP contribution in [0.15, 0.2) is 235 Å². The molecule has 0 unspecified atom stereocenters. The molecule has 4 aliphatic rings. The molecule has 11 aromatic rings. The van der Waals surface area contributed by atoms with Crippen LogP contribution in [0, 0.1) is 46.0 Å². The lowest BCUT2D eigenvalue weighted by Gasteiger charge is -2.43. The van der Waals surface area contributed by atoms with Crippen molar-refractivity contribution in [3.63, 3.8) is 0 Å². The topological polar surface area (TPSA) is 336 Å². The van der Waals surface area contributed by atoms with Crippen LogP contribution >= 0.6 is 36.2 Å². The van der Waals surface area contributed by atoms with E-state index in [1.54, 1.807) is 51.2 Å². The Morgan fingerprint density at radius 1 is 0.544 bits per heavy atom. The summed E-state index contributed by atoms with van der Waals surface area (Å²) in [6, 6.07) is 58.7. The molecule has 37 heteroatoms. The number of benzene rings is 8. The summed E-state index contributed by atoms with van der Waals surface area (Å²) in [5, 5.41) is 44.3. The van der Waals surface area contributed by atoms with Crippen molar-refractivity contribution in [2.24, 2.45) is 5.92 Å². The van der Waals surface area contributed by atoms with Crippen LogP contribution in [0.2, 0.25) is 0 Å². The monoisotopic (exact) mass is 1920 g/mol. The third-order valence-electron chi connectivity index (χ3n) is 21.8. The lowest BCUT2D eigenvalue weighted by atomic mass is 9.75. The lowest BCUT2D eigenvalue weighted by molar-refractivity contribution is -0.138. The molecule has 15 rings (SSSR count). The maximum Gasteiger partial charge on any atom is 0.419 e. The minimum absolute atomic E-state index is 0.0411. The molecule has 2 aliphatic carbocycles. The quantitative estimate of drug-likeness (QED) is 0.0292. The minimum Gasteiger partial charge on any atom is -0.388 e. The fraction of sp³-hybridized carbons (Fsp3) is 0.242. The van der Waals surface area contributed by atoms with Gasteiger partial charge in [0, 0.05) is 117 Å². The van der Waals surface area contributed by atoms with Crippen LogP contribution in [0.25, 0.3) is 28.8 Å². The number of H-pyrrole nitrogens is 1. The summed E-state index contributed by atoms with van der Waals surface area (Å²) in [5.41, 5.74) is 0.247. The van der Waals surface area contributed by atoms with Crippen LogP contribution < -0.4 is 56.8 Å². The van der Waals surface area contributed by atoms with Gasteiger partial charge in [-0.2, -0.15) is 42.0 Å². The number of carbonyl (C=O) groups excluding carboxylic acids is 8. The van der Waals surface area contributed by atoms with E-state index in [1.165, 1.54) is 136 Å². The Morgan fingerprint density at radius 2 is 1.09 bits per heavy atom. The number of hydrogen-bond donors (Lipinski definition) is 8. The highest BCUT2D eigenvalue weighted by molar-refractivity contribution is 7.99. The van der Waals surface area contributed by atoms with E-state index in [1.807, 2.05) is 98.1 Å². The molecule has 0 radical (unpaired) electrons. The minimum atomic E-state index is -4.87. The van der Waals surface area contributed by atoms with E-state index < -0.39 is 81.1 Å². The summed E-state index contributed by atoms with van der Waals surface area (Å²) in [5.74, 6) is -4.11. The first kappa shape index (κ1) is 105. The SMILES string of the molecule is C=C(NC)c1ccccc1Sc1ccc2c(/C=C/c3ccccn3)n[nH]c2c1.CNC(=O)C1CCCCC1.CNC(=O)CCc1ccccc1.CNC(=O)c1ccc(F)cc1.CNC(=O)c1ccc(N2C(=S)N(c3ccc(C#N)c(C(F)(F)F)c3)C(=O)C2(C)C)cc1F.CNC(=O)c1ccc(N2C(=S)N(c3cnc(C#N)c(C(F)(F)F)c3)C(=O)C23CCC3)cc1F.CNC(=O)c1ccccc1. The number of rotatable bonds is 18. The highest BCUT2D eigenvalue weighted by Gasteiger charge is 2.60. The number of aromatic amines is 1. The molecule has 136 heavy (non-hydrogen) atoms. The molecule has 0 bridgehead atoms. The Labute approximate surface area is 794 Å². The number of halogens is 9. The third kappa shape index (κ3) is 26.1. The molecule has 4 fully saturated rings. The Bertz CT molecular complexity index is 6310. The normalized spacial score (nSPS) is 13.9. The summed E-state index contributed by atoms with van der Waals surface area (Å²) >= 11 is 12.6. The number of hydrogen-bond acceptors (Lipinski definition) is 17. The molecule has 8 N–H and O–H groups in total. The number of pyridine rings is 2. The number of thiocarbonyl (C=S) groups is 2. The van der Waals surface area contributed by atoms with Crippen molar-refractivity contribution >= 4 is 145 Å². The van der Waals surface area contributed by atoms with Gasteiger partial charge in [0.25, 0.3) is 35.4 Å². The zero-order valence-electron chi connectivity index (χ0n) is 75.2. The van der Waals surface area contributed by atoms with Gasteiger partial charge in [-0.25, -0.2) is 18.2 Å². The Hall–Kier alpha value is -15.0.